The summed E-state index contributed by atoms with van der Waals surface area (Å²) in [4.78, 5) is 21.1. The monoisotopic (exact) mass is 438 g/mol. The molecule has 1 aliphatic carbocycles. The molecule has 8 N–H and O–H groups in total. The third-order valence-corrected chi connectivity index (χ3v) is 5.54. The molecule has 0 aromatic heterocycles. The summed E-state index contributed by atoms with van der Waals surface area (Å²) >= 11 is 0. The Morgan fingerprint density at radius 3 is 1.30 bits per heavy atom. The molecule has 0 fully saturated rings. The molecule has 0 saturated carbocycles. The summed E-state index contributed by atoms with van der Waals surface area (Å²) in [5.41, 5.74) is -1.33. The fraction of sp³-hybridized carbons (Fsp3) is 0.800. The lowest BCUT2D eigenvalue weighted by Crippen LogP contribution is -2.32. The largest absolute Gasteiger partial charge is 0.481 e. The van der Waals surface area contributed by atoms with E-state index in [0.29, 0.717) is 25.7 Å². The van der Waals surface area contributed by atoms with Gasteiger partial charge in [-0.15, -0.1) is 0 Å². The van der Waals surface area contributed by atoms with E-state index < -0.39 is 34.6 Å². The van der Waals surface area contributed by atoms with Gasteiger partial charge >= 0.3 is 11.9 Å². The summed E-state index contributed by atoms with van der Waals surface area (Å²) in [7, 11) is 0. The summed E-state index contributed by atoms with van der Waals surface area (Å²) < 4.78 is 0. The average Bonchev–Trinajstić information content (AvgIpc) is 2.78. The van der Waals surface area contributed by atoms with Gasteiger partial charge in [-0.05, 0) is 25.7 Å². The summed E-state index contributed by atoms with van der Waals surface area (Å²) in [6.45, 7) is 2.71. The van der Waals surface area contributed by atoms with Gasteiger partial charge in [0, 0.05) is 10.8 Å². The third-order valence-electron chi connectivity index (χ3n) is 5.54. The molecule has 0 aromatic rings. The van der Waals surface area contributed by atoms with E-state index in [1.54, 1.807) is 6.08 Å². The fourth-order valence-electron chi connectivity index (χ4n) is 2.33. The molecule has 1 aliphatic rings. The summed E-state index contributed by atoms with van der Waals surface area (Å²) in [5.74, 6) is -3.69. The molecule has 0 spiro atoms. The van der Waals surface area contributed by atoms with Crippen LogP contribution in [0.1, 0.15) is 39.5 Å². The molecule has 0 bridgehead atoms. The highest BCUT2D eigenvalue weighted by Gasteiger charge is 2.32. The van der Waals surface area contributed by atoms with E-state index in [9.17, 15) is 9.59 Å². The first kappa shape index (κ1) is 30.6. The predicted molar refractivity (Wildman–Crippen MR) is 109 cm³/mol. The van der Waals surface area contributed by atoms with Crippen LogP contribution in [-0.4, -0.2) is 92.4 Å². The van der Waals surface area contributed by atoms with Crippen LogP contribution in [0.5, 0.6) is 0 Å². The number of carboxylic acids is 2. The Hall–Kier alpha value is -1.56. The molecule has 2 unspecified atom stereocenters. The highest BCUT2D eigenvalue weighted by Crippen LogP contribution is 2.25. The van der Waals surface area contributed by atoms with Gasteiger partial charge in [0.1, 0.15) is 0 Å². The number of aliphatic hydroxyl groups excluding tert-OH is 6. The average molecular weight is 439 g/mol. The van der Waals surface area contributed by atoms with Gasteiger partial charge in [-0.25, -0.2) is 0 Å². The Morgan fingerprint density at radius 2 is 1.13 bits per heavy atom. The first-order valence-electron chi connectivity index (χ1n) is 9.89. The molecule has 0 amide bonds. The number of aliphatic carboxylic acids is 2. The first-order valence-corrected chi connectivity index (χ1v) is 9.89. The minimum Gasteiger partial charge on any atom is -0.481 e. The molecule has 178 valence electrons. The van der Waals surface area contributed by atoms with Crippen molar-refractivity contribution in [2.24, 2.45) is 22.7 Å². The van der Waals surface area contributed by atoms with Gasteiger partial charge in [0.05, 0.1) is 51.5 Å². The summed E-state index contributed by atoms with van der Waals surface area (Å²) in [6.07, 6.45) is 5.44. The van der Waals surface area contributed by atoms with Gasteiger partial charge in [-0.1, -0.05) is 26.0 Å². The van der Waals surface area contributed by atoms with Crippen molar-refractivity contribution in [2.75, 3.05) is 39.6 Å². The quantitative estimate of drug-likeness (QED) is 0.205. The molecular weight excluding hydrogens is 400 g/mol. The molecule has 2 atom stereocenters. The maximum atomic E-state index is 10.6. The van der Waals surface area contributed by atoms with E-state index in [4.69, 9.17) is 40.9 Å². The van der Waals surface area contributed by atoms with Gasteiger partial charge < -0.3 is 40.9 Å². The zero-order chi connectivity index (χ0) is 23.8. The zero-order valence-corrected chi connectivity index (χ0v) is 17.8. The van der Waals surface area contributed by atoms with Gasteiger partial charge in [0.25, 0.3) is 0 Å². The number of allylic oxidation sites excluding steroid dienone is 1. The van der Waals surface area contributed by atoms with Crippen LogP contribution in [0.3, 0.4) is 0 Å². The van der Waals surface area contributed by atoms with Gasteiger partial charge in [0.2, 0.25) is 0 Å². The van der Waals surface area contributed by atoms with Crippen LogP contribution in [0.15, 0.2) is 12.2 Å². The SMILES string of the molecule is CCC(CO)(CO)CO.CCC(CO)(CO)CO.O=C(O)C1C=CCCC1C(=O)O. The number of rotatable bonds is 10. The van der Waals surface area contributed by atoms with Crippen molar-refractivity contribution in [3.8, 4) is 0 Å². The lowest BCUT2D eigenvalue weighted by Gasteiger charge is -2.24. The molecular formula is C20H38O10. The van der Waals surface area contributed by atoms with Crippen molar-refractivity contribution in [3.63, 3.8) is 0 Å². The van der Waals surface area contributed by atoms with Crippen molar-refractivity contribution >= 4 is 11.9 Å². The highest BCUT2D eigenvalue weighted by molar-refractivity contribution is 5.81. The number of carbonyl (C=O) groups is 2. The molecule has 10 heteroatoms. The van der Waals surface area contributed by atoms with E-state index in [-0.39, 0.29) is 39.6 Å². The van der Waals surface area contributed by atoms with Gasteiger partial charge in [0.15, 0.2) is 0 Å². The zero-order valence-electron chi connectivity index (χ0n) is 17.8. The molecule has 0 heterocycles. The maximum absolute atomic E-state index is 10.6. The Kier molecular flexibility index (Phi) is 16.5. The topological polar surface area (TPSA) is 196 Å². The Balaban J connectivity index is 0. The van der Waals surface area contributed by atoms with Crippen LogP contribution in [0, 0.1) is 22.7 Å². The van der Waals surface area contributed by atoms with E-state index in [1.165, 1.54) is 6.08 Å². The van der Waals surface area contributed by atoms with E-state index >= 15 is 0 Å². The van der Waals surface area contributed by atoms with Crippen LogP contribution in [0.4, 0.5) is 0 Å². The van der Waals surface area contributed by atoms with E-state index in [0.717, 1.165) is 0 Å². The van der Waals surface area contributed by atoms with Crippen LogP contribution in [0.25, 0.3) is 0 Å². The normalized spacial score (nSPS) is 18.5. The highest BCUT2D eigenvalue weighted by atomic mass is 16.4. The molecule has 30 heavy (non-hydrogen) atoms. The Bertz CT molecular complexity index is 443. The lowest BCUT2D eigenvalue weighted by atomic mass is 9.84. The van der Waals surface area contributed by atoms with Crippen LogP contribution >= 0.6 is 0 Å². The van der Waals surface area contributed by atoms with Crippen molar-refractivity contribution in [1.29, 1.82) is 0 Å². The Labute approximate surface area is 177 Å². The minimum absolute atomic E-state index is 0.156. The van der Waals surface area contributed by atoms with Crippen molar-refractivity contribution in [3.05, 3.63) is 12.2 Å². The second-order valence-corrected chi connectivity index (χ2v) is 7.47. The Morgan fingerprint density at radius 1 is 0.767 bits per heavy atom. The first-order chi connectivity index (χ1) is 14.1. The molecule has 0 saturated heterocycles. The second kappa shape index (κ2) is 16.2. The van der Waals surface area contributed by atoms with Crippen LogP contribution in [-0.2, 0) is 9.59 Å². The van der Waals surface area contributed by atoms with E-state index in [2.05, 4.69) is 0 Å². The predicted octanol–water partition coefficient (Wildman–Crippen LogP) is -0.543. The number of hydrogen-bond acceptors (Lipinski definition) is 8. The van der Waals surface area contributed by atoms with Crippen molar-refractivity contribution < 1.29 is 50.4 Å². The standard InChI is InChI=1S/C8H10O4.2C6H14O3/c9-7(10)5-3-1-2-4-6(5)8(11)12;2*1-2-6(3-7,4-8)5-9/h1,3,5-6H,2,4H2,(H,9,10)(H,11,12);2*7-9H,2-5H2,1H3. The van der Waals surface area contributed by atoms with E-state index in [1.807, 2.05) is 13.8 Å². The van der Waals surface area contributed by atoms with Crippen LogP contribution in [0.2, 0.25) is 0 Å². The third kappa shape index (κ3) is 9.96. The second-order valence-electron chi connectivity index (χ2n) is 7.47. The van der Waals surface area contributed by atoms with Crippen LogP contribution < -0.4 is 0 Å². The molecule has 1 rings (SSSR count). The molecule has 0 aliphatic heterocycles. The van der Waals surface area contributed by atoms with Gasteiger partial charge in [-0.3, -0.25) is 9.59 Å². The smallest absolute Gasteiger partial charge is 0.311 e. The number of aliphatic hydroxyl groups is 6. The molecule has 0 aromatic carbocycles. The summed E-state index contributed by atoms with van der Waals surface area (Å²) in [5, 5.41) is 69.2. The molecule has 10 nitrogen and oxygen atoms in total. The van der Waals surface area contributed by atoms with Crippen molar-refractivity contribution in [2.45, 2.75) is 39.5 Å². The fourth-order valence-corrected chi connectivity index (χ4v) is 2.33. The number of hydrogen-bond donors (Lipinski definition) is 8. The lowest BCUT2D eigenvalue weighted by molar-refractivity contribution is -0.152. The molecule has 0 radical (unpaired) electrons. The minimum atomic E-state index is -1.06. The summed E-state index contributed by atoms with van der Waals surface area (Å²) in [6, 6.07) is 0. The van der Waals surface area contributed by atoms with Gasteiger partial charge in [-0.2, -0.15) is 0 Å². The maximum Gasteiger partial charge on any atom is 0.311 e. The number of carboxylic acid groups (broad SMARTS) is 2. The van der Waals surface area contributed by atoms with Crippen molar-refractivity contribution in [1.82, 2.24) is 0 Å².